The Morgan fingerprint density at radius 2 is 2.04 bits per heavy atom. The molecule has 0 aromatic carbocycles. The van der Waals surface area contributed by atoms with Crippen LogP contribution in [0.5, 0.6) is 5.88 Å². The molecule has 2 aliphatic rings. The van der Waals surface area contributed by atoms with Gasteiger partial charge in [0.2, 0.25) is 5.88 Å². The second-order valence-electron chi connectivity index (χ2n) is 7.74. The summed E-state index contributed by atoms with van der Waals surface area (Å²) in [6.45, 7) is 7.35. The van der Waals surface area contributed by atoms with E-state index in [1.165, 1.54) is 0 Å². The summed E-state index contributed by atoms with van der Waals surface area (Å²) < 4.78 is 10.6. The van der Waals surface area contributed by atoms with Gasteiger partial charge in [0.15, 0.2) is 5.78 Å². The third kappa shape index (κ3) is 3.13. The average Bonchev–Trinajstić information content (AvgIpc) is 2.48. The Kier molecular flexibility index (Phi) is 4.09. The van der Waals surface area contributed by atoms with Crippen molar-refractivity contribution in [2.45, 2.75) is 51.7 Å². The van der Waals surface area contributed by atoms with Crippen LogP contribution in [0.4, 0.5) is 4.79 Å². The number of alkyl carbamates (subject to hydrolysis) is 1. The van der Waals surface area contributed by atoms with E-state index in [0.29, 0.717) is 24.3 Å². The van der Waals surface area contributed by atoms with E-state index in [1.54, 1.807) is 33.9 Å². The van der Waals surface area contributed by atoms with Crippen LogP contribution < -0.4 is 10.1 Å². The molecule has 134 valence electrons. The van der Waals surface area contributed by atoms with Gasteiger partial charge in [-0.15, -0.1) is 0 Å². The van der Waals surface area contributed by atoms with Crippen molar-refractivity contribution >= 4 is 11.9 Å². The highest BCUT2D eigenvalue weighted by Crippen LogP contribution is 2.43. The number of nitrogens with one attached hydrogen (secondary N) is 1. The van der Waals surface area contributed by atoms with Gasteiger partial charge in [0.1, 0.15) is 11.1 Å². The second-order valence-corrected chi connectivity index (χ2v) is 7.74. The molecule has 0 aliphatic heterocycles. The number of ether oxygens (including phenoxy) is 2. The van der Waals surface area contributed by atoms with Crippen LogP contribution >= 0.6 is 0 Å². The number of hydrogen-bond acceptors (Lipinski definition) is 5. The fourth-order valence-electron chi connectivity index (χ4n) is 3.65. The van der Waals surface area contributed by atoms with Gasteiger partial charge in [0.05, 0.1) is 12.8 Å². The van der Waals surface area contributed by atoms with E-state index in [1.807, 2.05) is 19.1 Å². The summed E-state index contributed by atoms with van der Waals surface area (Å²) in [5.74, 6) is 0.287. The summed E-state index contributed by atoms with van der Waals surface area (Å²) in [7, 11) is 1.56. The Balaban J connectivity index is 2.08. The van der Waals surface area contributed by atoms with Crippen molar-refractivity contribution in [1.29, 1.82) is 0 Å². The molecule has 0 saturated carbocycles. The van der Waals surface area contributed by atoms with E-state index in [0.717, 1.165) is 11.3 Å². The summed E-state index contributed by atoms with van der Waals surface area (Å²) in [6, 6.07) is 3.52. The Labute approximate surface area is 147 Å². The number of rotatable bonds is 2. The van der Waals surface area contributed by atoms with E-state index < -0.39 is 17.2 Å². The molecule has 0 fully saturated rings. The summed E-state index contributed by atoms with van der Waals surface area (Å²) in [5.41, 5.74) is 0.680. The van der Waals surface area contributed by atoms with Crippen LogP contribution in [-0.4, -0.2) is 29.6 Å². The van der Waals surface area contributed by atoms with Crippen molar-refractivity contribution in [3.05, 3.63) is 35.0 Å². The van der Waals surface area contributed by atoms with Crippen LogP contribution in [0, 0.1) is 5.92 Å². The number of nitrogens with zero attached hydrogens (tertiary/aromatic N) is 1. The first-order valence-electron chi connectivity index (χ1n) is 8.43. The standard InChI is InChI=1S/C19H24N2O4/c1-11-8-12-9-14-13(6-7-15(20-14)24-5)19(10-11,16(12)22)21-17(23)25-18(2,3)4/h6-7,10,12H,8-9H2,1-5H3,(H,21,23)/t12?,19-/m0/s1. The molecule has 6 nitrogen and oxygen atoms in total. The van der Waals surface area contributed by atoms with Gasteiger partial charge in [-0.1, -0.05) is 5.57 Å². The SMILES string of the molecule is COc1ccc2c(n1)CC1CC(C)=C[C@@]2(NC(=O)OC(C)(C)C)C1=O. The fraction of sp³-hybridized carbons (Fsp3) is 0.526. The first kappa shape index (κ1) is 17.5. The Hall–Kier alpha value is -2.37. The maximum atomic E-state index is 13.1. The minimum Gasteiger partial charge on any atom is -0.481 e. The lowest BCUT2D eigenvalue weighted by molar-refractivity contribution is -0.129. The Bertz CT molecular complexity index is 763. The van der Waals surface area contributed by atoms with Gasteiger partial charge in [-0.25, -0.2) is 9.78 Å². The predicted octanol–water partition coefficient (Wildman–Crippen LogP) is 2.90. The molecule has 0 saturated heterocycles. The molecule has 3 rings (SSSR count). The first-order valence-corrected chi connectivity index (χ1v) is 8.43. The molecule has 2 bridgehead atoms. The van der Waals surface area contributed by atoms with Gasteiger partial charge < -0.3 is 14.8 Å². The number of methoxy groups -OCH3 is 1. The molecular formula is C19H24N2O4. The number of carbonyl (C=O) groups excluding carboxylic acids is 2. The number of fused-ring (bicyclic) bond motifs is 4. The zero-order valence-electron chi connectivity index (χ0n) is 15.3. The lowest BCUT2D eigenvalue weighted by atomic mass is 9.66. The van der Waals surface area contributed by atoms with Crippen molar-refractivity contribution in [2.75, 3.05) is 7.11 Å². The predicted molar refractivity (Wildman–Crippen MR) is 92.4 cm³/mol. The lowest BCUT2D eigenvalue weighted by Gasteiger charge is -2.42. The zero-order valence-corrected chi connectivity index (χ0v) is 15.3. The normalized spacial score (nSPS) is 24.9. The van der Waals surface area contributed by atoms with Gasteiger partial charge in [-0.2, -0.15) is 0 Å². The quantitative estimate of drug-likeness (QED) is 0.835. The van der Waals surface area contributed by atoms with Crippen molar-refractivity contribution in [3.8, 4) is 5.88 Å². The van der Waals surface area contributed by atoms with Crippen molar-refractivity contribution in [3.63, 3.8) is 0 Å². The largest absolute Gasteiger partial charge is 0.481 e. The van der Waals surface area contributed by atoms with Gasteiger partial charge >= 0.3 is 6.09 Å². The molecule has 1 heterocycles. The van der Waals surface area contributed by atoms with Crippen LogP contribution in [0.1, 0.15) is 45.4 Å². The minimum absolute atomic E-state index is 0.0107. The third-order valence-electron chi connectivity index (χ3n) is 4.51. The van der Waals surface area contributed by atoms with E-state index in [2.05, 4.69) is 10.3 Å². The molecule has 25 heavy (non-hydrogen) atoms. The zero-order chi connectivity index (χ0) is 18.4. The molecule has 2 atom stereocenters. The number of amides is 1. The van der Waals surface area contributed by atoms with Crippen LogP contribution in [0.25, 0.3) is 0 Å². The van der Waals surface area contributed by atoms with Crippen LogP contribution in [0.2, 0.25) is 0 Å². The second kappa shape index (κ2) is 5.86. The van der Waals surface area contributed by atoms with E-state index in [-0.39, 0.29) is 11.7 Å². The minimum atomic E-state index is -1.22. The number of pyridine rings is 1. The third-order valence-corrected chi connectivity index (χ3v) is 4.51. The van der Waals surface area contributed by atoms with Crippen molar-refractivity contribution < 1.29 is 19.1 Å². The summed E-state index contributed by atoms with van der Waals surface area (Å²) in [6.07, 6.45) is 2.44. The molecule has 0 spiro atoms. The average molecular weight is 344 g/mol. The maximum Gasteiger partial charge on any atom is 0.408 e. The maximum absolute atomic E-state index is 13.1. The first-order chi connectivity index (χ1) is 11.6. The summed E-state index contributed by atoms with van der Waals surface area (Å²) >= 11 is 0. The molecule has 1 aromatic rings. The molecule has 1 amide bonds. The van der Waals surface area contributed by atoms with Gasteiger partial charge in [-0.05, 0) is 46.3 Å². The van der Waals surface area contributed by atoms with Crippen molar-refractivity contribution in [2.24, 2.45) is 5.92 Å². The Morgan fingerprint density at radius 1 is 1.32 bits per heavy atom. The molecule has 1 unspecified atom stereocenters. The smallest absolute Gasteiger partial charge is 0.408 e. The highest BCUT2D eigenvalue weighted by atomic mass is 16.6. The van der Waals surface area contributed by atoms with Crippen LogP contribution in [0.3, 0.4) is 0 Å². The fourth-order valence-corrected chi connectivity index (χ4v) is 3.65. The number of ketones is 1. The molecule has 6 heteroatoms. The molecular weight excluding hydrogens is 320 g/mol. The Morgan fingerprint density at radius 3 is 2.68 bits per heavy atom. The van der Waals surface area contributed by atoms with Crippen molar-refractivity contribution in [1.82, 2.24) is 10.3 Å². The van der Waals surface area contributed by atoms with E-state index in [9.17, 15) is 9.59 Å². The van der Waals surface area contributed by atoms with E-state index in [4.69, 9.17) is 9.47 Å². The van der Waals surface area contributed by atoms with Gasteiger partial charge in [0, 0.05) is 24.0 Å². The highest BCUT2D eigenvalue weighted by molar-refractivity contribution is 5.99. The highest BCUT2D eigenvalue weighted by Gasteiger charge is 2.51. The number of carbonyl (C=O) groups is 2. The summed E-state index contributed by atoms with van der Waals surface area (Å²) in [4.78, 5) is 30.1. The number of allylic oxidation sites excluding steroid dienone is 1. The topological polar surface area (TPSA) is 77.5 Å². The molecule has 1 N–H and O–H groups in total. The number of hydrogen-bond donors (Lipinski definition) is 1. The van der Waals surface area contributed by atoms with Crippen LogP contribution in [-0.2, 0) is 21.5 Å². The molecule has 2 aliphatic carbocycles. The molecule has 0 radical (unpaired) electrons. The van der Waals surface area contributed by atoms with E-state index >= 15 is 0 Å². The monoisotopic (exact) mass is 344 g/mol. The number of Topliss-reactive ketones (excluding diaryl/α,β-unsaturated/α-hetero) is 1. The van der Waals surface area contributed by atoms with Gasteiger partial charge in [-0.3, -0.25) is 4.79 Å². The molecule has 1 aromatic heterocycles. The lowest BCUT2D eigenvalue weighted by Crippen LogP contribution is -2.58. The number of aromatic nitrogens is 1. The summed E-state index contributed by atoms with van der Waals surface area (Å²) in [5, 5.41) is 2.83. The van der Waals surface area contributed by atoms with Crippen LogP contribution in [0.15, 0.2) is 23.8 Å². The van der Waals surface area contributed by atoms with Gasteiger partial charge in [0.25, 0.3) is 0 Å².